The van der Waals surface area contributed by atoms with Gasteiger partial charge in [0, 0.05) is 31.1 Å². The molecule has 0 aliphatic carbocycles. The van der Waals surface area contributed by atoms with Gasteiger partial charge in [-0.2, -0.15) is 0 Å². The van der Waals surface area contributed by atoms with Crippen LogP contribution in [0.2, 0.25) is 0 Å². The van der Waals surface area contributed by atoms with Crippen LogP contribution in [0.15, 0.2) is 34.9 Å². The second kappa shape index (κ2) is 4.96. The van der Waals surface area contributed by atoms with E-state index < -0.39 is 0 Å². The largest absolute Gasteiger partial charge is 0.464 e. The number of fused-ring (bicyclic) bond motifs is 1. The van der Waals surface area contributed by atoms with Crippen molar-refractivity contribution < 1.29 is 9.15 Å². The average Bonchev–Trinajstić information content (AvgIpc) is 2.68. The summed E-state index contributed by atoms with van der Waals surface area (Å²) in [6.45, 7) is 2.41. The van der Waals surface area contributed by atoms with Crippen LogP contribution in [0.4, 0.5) is 0 Å². The van der Waals surface area contributed by atoms with E-state index in [9.17, 15) is 0 Å². The van der Waals surface area contributed by atoms with Gasteiger partial charge >= 0.3 is 0 Å². The molecule has 1 N–H and O–H groups in total. The van der Waals surface area contributed by atoms with E-state index in [1.807, 2.05) is 24.5 Å². The monoisotopic (exact) mass is 205 g/mol. The van der Waals surface area contributed by atoms with E-state index in [-0.39, 0.29) is 0 Å². The van der Waals surface area contributed by atoms with Crippen LogP contribution in [-0.2, 0) is 11.3 Å². The summed E-state index contributed by atoms with van der Waals surface area (Å²) in [5, 5.41) is 4.48. The Morgan fingerprint density at radius 1 is 1.33 bits per heavy atom. The Labute approximate surface area is 89.0 Å². The molecule has 3 nitrogen and oxygen atoms in total. The molecule has 15 heavy (non-hydrogen) atoms. The Morgan fingerprint density at radius 3 is 3.07 bits per heavy atom. The first-order valence-corrected chi connectivity index (χ1v) is 5.06. The highest BCUT2D eigenvalue weighted by Gasteiger charge is 2.03. The summed E-state index contributed by atoms with van der Waals surface area (Å²) >= 11 is 0. The summed E-state index contributed by atoms with van der Waals surface area (Å²) in [6.07, 6.45) is 1.81. The van der Waals surface area contributed by atoms with Gasteiger partial charge in [0.1, 0.15) is 5.58 Å². The van der Waals surface area contributed by atoms with Crippen molar-refractivity contribution in [1.82, 2.24) is 5.32 Å². The Kier molecular flexibility index (Phi) is 3.37. The van der Waals surface area contributed by atoms with Crippen molar-refractivity contribution in [1.29, 1.82) is 0 Å². The van der Waals surface area contributed by atoms with Crippen LogP contribution in [0.1, 0.15) is 5.56 Å². The minimum absolute atomic E-state index is 0.732. The fourth-order valence-corrected chi connectivity index (χ4v) is 1.57. The molecule has 0 bridgehead atoms. The standard InChI is InChI=1S/C12H15NO2/c1-14-7-6-13-8-10-9-15-12-5-3-2-4-11(10)12/h2-5,9,13H,6-8H2,1H3. The summed E-state index contributed by atoms with van der Waals surface area (Å²) in [6, 6.07) is 8.06. The lowest BCUT2D eigenvalue weighted by molar-refractivity contribution is 0.199. The highest BCUT2D eigenvalue weighted by atomic mass is 16.5. The molecule has 0 saturated carbocycles. The van der Waals surface area contributed by atoms with E-state index in [1.165, 1.54) is 10.9 Å². The molecule has 80 valence electrons. The molecule has 0 unspecified atom stereocenters. The van der Waals surface area contributed by atoms with E-state index in [0.29, 0.717) is 0 Å². The molecule has 0 spiro atoms. The van der Waals surface area contributed by atoms with Crippen molar-refractivity contribution in [3.8, 4) is 0 Å². The van der Waals surface area contributed by atoms with Crippen LogP contribution in [0.25, 0.3) is 11.0 Å². The van der Waals surface area contributed by atoms with E-state index in [4.69, 9.17) is 9.15 Å². The third kappa shape index (κ3) is 2.37. The average molecular weight is 205 g/mol. The Balaban J connectivity index is 2.02. The molecule has 1 aromatic carbocycles. The molecule has 0 saturated heterocycles. The first kappa shape index (κ1) is 10.2. The van der Waals surface area contributed by atoms with Gasteiger partial charge in [-0.1, -0.05) is 18.2 Å². The minimum Gasteiger partial charge on any atom is -0.464 e. The maximum Gasteiger partial charge on any atom is 0.134 e. The smallest absolute Gasteiger partial charge is 0.134 e. The molecule has 3 heteroatoms. The molecule has 0 radical (unpaired) electrons. The summed E-state index contributed by atoms with van der Waals surface area (Å²) in [5.74, 6) is 0. The summed E-state index contributed by atoms with van der Waals surface area (Å²) in [7, 11) is 1.70. The number of benzene rings is 1. The minimum atomic E-state index is 0.732. The summed E-state index contributed by atoms with van der Waals surface area (Å²) < 4.78 is 10.4. The number of rotatable bonds is 5. The maximum atomic E-state index is 5.43. The molecular formula is C12H15NO2. The molecular weight excluding hydrogens is 190 g/mol. The molecule has 1 aromatic heterocycles. The van der Waals surface area contributed by atoms with Crippen LogP contribution >= 0.6 is 0 Å². The van der Waals surface area contributed by atoms with Gasteiger partial charge < -0.3 is 14.5 Å². The Morgan fingerprint density at radius 2 is 2.20 bits per heavy atom. The van der Waals surface area contributed by atoms with Crippen molar-refractivity contribution >= 4 is 11.0 Å². The molecule has 0 atom stereocenters. The molecule has 0 amide bonds. The lowest BCUT2D eigenvalue weighted by atomic mass is 10.2. The second-order valence-corrected chi connectivity index (χ2v) is 3.43. The predicted octanol–water partition coefficient (Wildman–Crippen LogP) is 2.17. The number of para-hydroxylation sites is 1. The normalized spacial score (nSPS) is 11.0. The van der Waals surface area contributed by atoms with Gasteiger partial charge in [-0.15, -0.1) is 0 Å². The van der Waals surface area contributed by atoms with Crippen molar-refractivity contribution in [3.05, 3.63) is 36.1 Å². The lowest BCUT2D eigenvalue weighted by Gasteiger charge is -2.01. The number of hydrogen-bond acceptors (Lipinski definition) is 3. The maximum absolute atomic E-state index is 5.43. The van der Waals surface area contributed by atoms with Crippen molar-refractivity contribution in [3.63, 3.8) is 0 Å². The summed E-state index contributed by atoms with van der Waals surface area (Å²) in [4.78, 5) is 0. The zero-order valence-corrected chi connectivity index (χ0v) is 8.82. The van der Waals surface area contributed by atoms with Crippen molar-refractivity contribution in [2.75, 3.05) is 20.3 Å². The van der Waals surface area contributed by atoms with Gasteiger partial charge in [0.15, 0.2) is 0 Å². The fraction of sp³-hybridized carbons (Fsp3) is 0.333. The van der Waals surface area contributed by atoms with E-state index in [2.05, 4.69) is 11.4 Å². The van der Waals surface area contributed by atoms with Crippen molar-refractivity contribution in [2.24, 2.45) is 0 Å². The number of furan rings is 1. The highest BCUT2D eigenvalue weighted by molar-refractivity contribution is 5.80. The lowest BCUT2D eigenvalue weighted by Crippen LogP contribution is -2.18. The van der Waals surface area contributed by atoms with E-state index in [1.54, 1.807) is 7.11 Å². The number of ether oxygens (including phenoxy) is 1. The molecule has 0 aliphatic rings. The van der Waals surface area contributed by atoms with Crippen LogP contribution < -0.4 is 5.32 Å². The fourth-order valence-electron chi connectivity index (χ4n) is 1.57. The number of nitrogens with one attached hydrogen (secondary N) is 1. The van der Waals surface area contributed by atoms with Gasteiger partial charge in [0.25, 0.3) is 0 Å². The highest BCUT2D eigenvalue weighted by Crippen LogP contribution is 2.20. The third-order valence-electron chi connectivity index (χ3n) is 2.36. The number of methoxy groups -OCH3 is 1. The predicted molar refractivity (Wildman–Crippen MR) is 59.8 cm³/mol. The molecule has 1 heterocycles. The van der Waals surface area contributed by atoms with Gasteiger partial charge in [0.2, 0.25) is 0 Å². The number of hydrogen-bond donors (Lipinski definition) is 1. The van der Waals surface area contributed by atoms with Gasteiger partial charge in [-0.3, -0.25) is 0 Å². The zero-order valence-electron chi connectivity index (χ0n) is 8.82. The summed E-state index contributed by atoms with van der Waals surface area (Å²) in [5.41, 5.74) is 2.14. The zero-order chi connectivity index (χ0) is 10.5. The van der Waals surface area contributed by atoms with Crippen LogP contribution in [-0.4, -0.2) is 20.3 Å². The SMILES string of the molecule is COCCNCc1coc2ccccc12. The van der Waals surface area contributed by atoms with Crippen LogP contribution in [0, 0.1) is 0 Å². The van der Waals surface area contributed by atoms with Gasteiger partial charge in [0.05, 0.1) is 12.9 Å². The quantitative estimate of drug-likeness (QED) is 0.760. The topological polar surface area (TPSA) is 34.4 Å². The molecule has 0 fully saturated rings. The molecule has 2 aromatic rings. The van der Waals surface area contributed by atoms with Gasteiger partial charge in [-0.25, -0.2) is 0 Å². The third-order valence-corrected chi connectivity index (χ3v) is 2.36. The van der Waals surface area contributed by atoms with Gasteiger partial charge in [-0.05, 0) is 6.07 Å². The van der Waals surface area contributed by atoms with Crippen LogP contribution in [0.3, 0.4) is 0 Å². The molecule has 2 rings (SSSR count). The first-order valence-electron chi connectivity index (χ1n) is 5.06. The van der Waals surface area contributed by atoms with Crippen LogP contribution in [0.5, 0.6) is 0 Å². The second-order valence-electron chi connectivity index (χ2n) is 3.43. The first-order chi connectivity index (χ1) is 7.42. The van der Waals surface area contributed by atoms with Crippen molar-refractivity contribution in [2.45, 2.75) is 6.54 Å². The molecule has 0 aliphatic heterocycles. The van der Waals surface area contributed by atoms with E-state index >= 15 is 0 Å². The Hall–Kier alpha value is -1.32. The van der Waals surface area contributed by atoms with E-state index in [0.717, 1.165) is 25.3 Å². The Bertz CT molecular complexity index is 422.